The predicted molar refractivity (Wildman–Crippen MR) is 236 cm³/mol. The van der Waals surface area contributed by atoms with Crippen LogP contribution in [0.4, 0.5) is 9.59 Å². The Bertz CT molecular complexity index is 2530. The molecule has 16 nitrogen and oxygen atoms in total. The van der Waals surface area contributed by atoms with E-state index in [-0.39, 0.29) is 41.8 Å². The molecule has 0 spiro atoms. The molecule has 4 amide bonds. The minimum absolute atomic E-state index is 0.0207. The number of aromatic nitrogens is 3. The third-order valence-electron chi connectivity index (χ3n) is 13.0. The molecule has 4 N–H and O–H groups in total. The molecule has 3 aromatic carbocycles. The van der Waals surface area contributed by atoms with Crippen molar-refractivity contribution in [1.82, 2.24) is 35.4 Å². The van der Waals surface area contributed by atoms with Crippen molar-refractivity contribution in [1.29, 1.82) is 0 Å². The first-order chi connectivity index (χ1) is 30.3. The number of benzene rings is 3. The summed E-state index contributed by atoms with van der Waals surface area (Å²) >= 11 is 0. The van der Waals surface area contributed by atoms with Gasteiger partial charge in [-0.2, -0.15) is 0 Å². The number of hydrogen-bond acceptors (Lipinski definition) is 10. The van der Waals surface area contributed by atoms with E-state index in [9.17, 15) is 19.2 Å². The van der Waals surface area contributed by atoms with Gasteiger partial charge in [0, 0.05) is 54.8 Å². The molecule has 16 heteroatoms. The highest BCUT2D eigenvalue weighted by molar-refractivity contribution is 6.08. The van der Waals surface area contributed by atoms with Crippen molar-refractivity contribution < 1.29 is 42.9 Å². The lowest BCUT2D eigenvalue weighted by Crippen LogP contribution is -2.54. The van der Waals surface area contributed by atoms with Crippen LogP contribution in [0, 0.1) is 11.8 Å². The number of nitrogens with one attached hydrogen (secondary N) is 4. The van der Waals surface area contributed by atoms with Gasteiger partial charge in [-0.15, -0.1) is 0 Å². The van der Waals surface area contributed by atoms with Crippen molar-refractivity contribution in [2.45, 2.75) is 89.9 Å². The lowest BCUT2D eigenvalue weighted by molar-refractivity contribution is -0.138. The van der Waals surface area contributed by atoms with E-state index in [0.717, 1.165) is 73.9 Å². The van der Waals surface area contributed by atoms with Crippen LogP contribution in [0.2, 0.25) is 0 Å². The fraction of sp³-hybridized carbons (Fsp3) is 0.468. The quantitative estimate of drug-likeness (QED) is 0.102. The number of imidazole rings is 1. The summed E-state index contributed by atoms with van der Waals surface area (Å²) in [5.74, 6) is 1.03. The standard InChI is InChI=1S/C47H57N7O9/c1-24(2)40(51-46(57)61-7)45(56)54-25(3)9-14-37(54)43-48-20-36(50-43)29-12-13-32-31(16-29)23-63-39-19-33-28(17-34(32)39)10-11-30-18-35(49-42(30)33)38-15-27(22-59-5)21-53(38)44(55)41(26(4)60-6)52-47(58)62-8/h10-13,16-20,24-27,37-38,40-41,49H,9,14-15,21-23H2,1-8H3,(H,48,50)(H,51,57)(H,52,58)/t25-,26+,27-,37-,38-,40-,41-/m0/s1. The number of rotatable bonds is 12. The molecule has 0 bridgehead atoms. The van der Waals surface area contributed by atoms with E-state index in [1.807, 2.05) is 36.8 Å². The number of methoxy groups -OCH3 is 4. The Morgan fingerprint density at radius 3 is 2.32 bits per heavy atom. The lowest BCUT2D eigenvalue weighted by atomic mass is 9.92. The van der Waals surface area contributed by atoms with Crippen molar-refractivity contribution >= 4 is 45.7 Å². The summed E-state index contributed by atoms with van der Waals surface area (Å²) < 4.78 is 27.1. The average Bonchev–Trinajstić information content (AvgIpc) is 4.11. The highest BCUT2D eigenvalue weighted by atomic mass is 16.5. The van der Waals surface area contributed by atoms with Gasteiger partial charge in [-0.25, -0.2) is 14.6 Å². The number of hydrogen-bond donors (Lipinski definition) is 4. The van der Waals surface area contributed by atoms with Crippen molar-refractivity contribution in [2.24, 2.45) is 11.8 Å². The second-order valence-corrected chi connectivity index (χ2v) is 17.3. The molecular formula is C47H57N7O9. The van der Waals surface area contributed by atoms with Crippen molar-refractivity contribution in [3.63, 3.8) is 0 Å². The number of carbonyl (C=O) groups is 4. The molecule has 2 saturated heterocycles. The Labute approximate surface area is 366 Å². The van der Waals surface area contributed by atoms with Crippen LogP contribution in [0.15, 0.2) is 54.7 Å². The fourth-order valence-electron chi connectivity index (χ4n) is 9.62. The lowest BCUT2D eigenvalue weighted by Gasteiger charge is -2.32. The zero-order chi connectivity index (χ0) is 44.7. The molecule has 0 radical (unpaired) electrons. The van der Waals surface area contributed by atoms with Crippen LogP contribution >= 0.6 is 0 Å². The Morgan fingerprint density at radius 2 is 1.60 bits per heavy atom. The van der Waals surface area contributed by atoms with Crippen molar-refractivity contribution in [2.75, 3.05) is 41.6 Å². The third-order valence-corrected chi connectivity index (χ3v) is 13.0. The molecule has 3 aliphatic rings. The molecule has 0 unspecified atom stereocenters. The van der Waals surface area contributed by atoms with E-state index < -0.39 is 30.4 Å². The Hall–Kier alpha value is -6.13. The van der Waals surface area contributed by atoms with E-state index >= 15 is 0 Å². The Kier molecular flexibility index (Phi) is 12.4. The number of ether oxygens (including phenoxy) is 5. The average molecular weight is 864 g/mol. The maximum atomic E-state index is 14.2. The van der Waals surface area contributed by atoms with Crippen LogP contribution < -0.4 is 15.4 Å². The van der Waals surface area contributed by atoms with Crippen molar-refractivity contribution in [3.8, 4) is 28.1 Å². The SMILES string of the molecule is COC[C@H]1C[C@@H](c2cc3ccc4cc5c(cc4c3[nH]2)OCc2cc(-c3cnc([C@@H]4CC[C@H](C)N4C(=O)[C@@H](NC(=O)OC)C(C)C)[nH]3)ccc2-5)N(C(=O)[C@@H](NC(=O)OC)[C@@H](C)OC)C1. The number of H-pyrrole nitrogens is 2. The molecule has 334 valence electrons. The number of likely N-dealkylation sites (tertiary alicyclic amines) is 2. The second-order valence-electron chi connectivity index (χ2n) is 17.3. The van der Waals surface area contributed by atoms with Crippen LogP contribution in [0.25, 0.3) is 44.1 Å². The monoisotopic (exact) mass is 863 g/mol. The molecule has 3 aliphatic heterocycles. The smallest absolute Gasteiger partial charge is 0.407 e. The normalized spacial score (nSPS) is 20.8. The van der Waals surface area contributed by atoms with Gasteiger partial charge in [0.15, 0.2) is 0 Å². The number of alkyl carbamates (subject to hydrolysis) is 2. The van der Waals surface area contributed by atoms with E-state index in [4.69, 9.17) is 28.7 Å². The minimum Gasteiger partial charge on any atom is -0.488 e. The van der Waals surface area contributed by atoms with E-state index in [2.05, 4.69) is 69.1 Å². The minimum atomic E-state index is -0.943. The molecule has 8 rings (SSSR count). The molecule has 63 heavy (non-hydrogen) atoms. The summed E-state index contributed by atoms with van der Waals surface area (Å²) in [4.78, 5) is 68.1. The van der Waals surface area contributed by atoms with Gasteiger partial charge in [-0.1, -0.05) is 38.1 Å². The topological polar surface area (TPSA) is 189 Å². The summed E-state index contributed by atoms with van der Waals surface area (Å²) in [6, 6.07) is 14.6. The highest BCUT2D eigenvalue weighted by Crippen LogP contribution is 2.44. The molecule has 5 heterocycles. The summed E-state index contributed by atoms with van der Waals surface area (Å²) in [6.45, 7) is 8.91. The maximum absolute atomic E-state index is 14.2. The third kappa shape index (κ3) is 8.29. The Morgan fingerprint density at radius 1 is 0.857 bits per heavy atom. The van der Waals surface area contributed by atoms with E-state index in [1.165, 1.54) is 21.3 Å². The van der Waals surface area contributed by atoms with Gasteiger partial charge in [0.1, 0.15) is 30.3 Å². The molecule has 0 saturated carbocycles. The first-order valence-electron chi connectivity index (χ1n) is 21.6. The summed E-state index contributed by atoms with van der Waals surface area (Å²) in [7, 11) is 5.72. The number of amides is 4. The second kappa shape index (κ2) is 17.9. The first-order valence-corrected chi connectivity index (χ1v) is 21.6. The number of fused-ring (bicyclic) bond motifs is 6. The molecule has 2 aromatic heterocycles. The fourth-order valence-corrected chi connectivity index (χ4v) is 9.62. The molecule has 5 aromatic rings. The van der Waals surface area contributed by atoms with Gasteiger partial charge in [-0.3, -0.25) is 9.59 Å². The molecule has 2 fully saturated rings. The van der Waals surface area contributed by atoms with Crippen LogP contribution in [-0.4, -0.2) is 115 Å². The maximum Gasteiger partial charge on any atom is 0.407 e. The number of aromatic amines is 2. The summed E-state index contributed by atoms with van der Waals surface area (Å²) in [5, 5.41) is 8.45. The van der Waals surface area contributed by atoms with Crippen LogP contribution in [0.5, 0.6) is 5.75 Å². The van der Waals surface area contributed by atoms with Gasteiger partial charge < -0.3 is 54.1 Å². The zero-order valence-electron chi connectivity index (χ0n) is 37.1. The number of nitrogens with zero attached hydrogens (tertiary/aromatic N) is 3. The highest BCUT2D eigenvalue weighted by Gasteiger charge is 2.43. The van der Waals surface area contributed by atoms with Gasteiger partial charge in [-0.05, 0) is 85.4 Å². The van der Waals surface area contributed by atoms with Crippen LogP contribution in [0.3, 0.4) is 0 Å². The zero-order valence-corrected chi connectivity index (χ0v) is 37.1. The van der Waals surface area contributed by atoms with Gasteiger partial charge in [0.2, 0.25) is 11.8 Å². The van der Waals surface area contributed by atoms with Crippen LogP contribution in [-0.2, 0) is 35.1 Å². The predicted octanol–water partition coefficient (Wildman–Crippen LogP) is 7.00. The van der Waals surface area contributed by atoms with E-state index in [1.54, 1.807) is 14.0 Å². The summed E-state index contributed by atoms with van der Waals surface area (Å²) in [6.07, 6.45) is 2.13. The van der Waals surface area contributed by atoms with Gasteiger partial charge >= 0.3 is 12.2 Å². The summed E-state index contributed by atoms with van der Waals surface area (Å²) in [5.41, 5.74) is 6.74. The van der Waals surface area contributed by atoms with Gasteiger partial charge in [0.25, 0.3) is 0 Å². The first kappa shape index (κ1) is 43.5. The number of carbonyl (C=O) groups excluding carboxylic acids is 4. The van der Waals surface area contributed by atoms with Crippen LogP contribution in [0.1, 0.15) is 76.1 Å². The molecule has 7 atom stereocenters. The molecule has 0 aliphatic carbocycles. The Balaban J connectivity index is 1.05. The largest absolute Gasteiger partial charge is 0.488 e. The van der Waals surface area contributed by atoms with Gasteiger partial charge in [0.05, 0.1) is 56.4 Å². The molecular weight excluding hydrogens is 807 g/mol. The van der Waals surface area contributed by atoms with E-state index in [0.29, 0.717) is 32.0 Å². The van der Waals surface area contributed by atoms with Crippen molar-refractivity contribution in [3.05, 3.63) is 71.8 Å².